The molecule has 0 heterocycles. The van der Waals surface area contributed by atoms with E-state index >= 15 is 0 Å². The van der Waals surface area contributed by atoms with Gasteiger partial charge in [-0.25, -0.2) is 9.59 Å². The molecule has 0 spiro atoms. The molecule has 8 rings (SSSR count). The maximum atomic E-state index is 14.0. The minimum Gasteiger partial charge on any atom is -0.489 e. The van der Waals surface area contributed by atoms with Crippen LogP contribution in [0.15, 0.2) is 188 Å². The molecule has 0 fully saturated rings. The number of ether oxygens (including phenoxy) is 4. The molecule has 1 aliphatic rings. The van der Waals surface area contributed by atoms with Crippen LogP contribution in [0.4, 0.5) is 4.79 Å². The summed E-state index contributed by atoms with van der Waals surface area (Å²) in [4.78, 5) is 27.6. The zero-order valence-corrected chi connectivity index (χ0v) is 33.5. The van der Waals surface area contributed by atoms with Crippen LogP contribution >= 0.6 is 0 Å². The predicted molar refractivity (Wildman–Crippen MR) is 234 cm³/mol. The van der Waals surface area contributed by atoms with Crippen LogP contribution in [0.3, 0.4) is 0 Å². The monoisotopic (exact) mass is 793 g/mol. The summed E-state index contributed by atoms with van der Waals surface area (Å²) in [7, 11) is 0. The average Bonchev–Trinajstić information content (AvgIpc) is 3.63. The molecule has 0 saturated carbocycles. The van der Waals surface area contributed by atoms with Gasteiger partial charge in [-0.3, -0.25) is 0 Å². The number of carbonyl (C=O) groups is 2. The molecule has 0 aliphatic heterocycles. The average molecular weight is 794 g/mol. The summed E-state index contributed by atoms with van der Waals surface area (Å²) in [5.41, 5.74) is 9.28. The fourth-order valence-corrected chi connectivity index (χ4v) is 7.92. The zero-order valence-electron chi connectivity index (χ0n) is 33.5. The Morgan fingerprint density at radius 3 is 1.60 bits per heavy atom. The lowest BCUT2D eigenvalue weighted by Gasteiger charge is -2.36. The van der Waals surface area contributed by atoms with Crippen LogP contribution < -0.4 is 10.1 Å². The highest BCUT2D eigenvalue weighted by molar-refractivity contribution is 5.82. The van der Waals surface area contributed by atoms with E-state index in [1.807, 2.05) is 152 Å². The number of fused-ring (bicyclic) bond motifs is 3. The second kappa shape index (κ2) is 18.7. The topological polar surface area (TPSA) is 83.1 Å². The Bertz CT molecular complexity index is 2350. The van der Waals surface area contributed by atoms with Gasteiger partial charge in [-0.2, -0.15) is 0 Å². The number of carbonyl (C=O) groups excluding carboxylic acids is 2. The molecule has 7 heteroatoms. The van der Waals surface area contributed by atoms with Gasteiger partial charge in [-0.05, 0) is 69.1 Å². The van der Waals surface area contributed by atoms with Crippen molar-refractivity contribution in [2.24, 2.45) is 0 Å². The number of esters is 1. The Balaban J connectivity index is 0.991. The van der Waals surface area contributed by atoms with E-state index in [4.69, 9.17) is 18.9 Å². The van der Waals surface area contributed by atoms with E-state index < -0.39 is 23.7 Å². The van der Waals surface area contributed by atoms with Crippen LogP contribution in [0, 0.1) is 6.92 Å². The maximum absolute atomic E-state index is 14.0. The molecule has 1 atom stereocenters. The quantitative estimate of drug-likeness (QED) is 0.0775. The van der Waals surface area contributed by atoms with Gasteiger partial charge in [0.05, 0.1) is 6.61 Å². The molecule has 7 aromatic carbocycles. The molecule has 0 radical (unpaired) electrons. The predicted octanol–water partition coefficient (Wildman–Crippen LogP) is 10.9. The molecule has 0 saturated heterocycles. The number of alkyl carbamates (subject to hydrolysis) is 1. The van der Waals surface area contributed by atoms with E-state index in [-0.39, 0.29) is 32.2 Å². The summed E-state index contributed by atoms with van der Waals surface area (Å²) in [5.74, 6) is -0.0307. The van der Waals surface area contributed by atoms with Gasteiger partial charge >= 0.3 is 12.1 Å². The molecule has 1 amide bonds. The van der Waals surface area contributed by atoms with Crippen LogP contribution in [0.5, 0.6) is 5.75 Å². The zero-order chi connectivity index (χ0) is 41.2. The third-order valence-corrected chi connectivity index (χ3v) is 11.0. The van der Waals surface area contributed by atoms with Crippen molar-refractivity contribution in [1.82, 2.24) is 5.32 Å². The third kappa shape index (κ3) is 9.02. The van der Waals surface area contributed by atoms with E-state index in [2.05, 4.69) is 48.6 Å². The lowest BCUT2D eigenvalue weighted by molar-refractivity contribution is -0.148. The van der Waals surface area contributed by atoms with Gasteiger partial charge in [0.2, 0.25) is 0 Å². The summed E-state index contributed by atoms with van der Waals surface area (Å²) in [5, 5.41) is 2.84. The van der Waals surface area contributed by atoms with Gasteiger partial charge in [0.1, 0.15) is 37.2 Å². The van der Waals surface area contributed by atoms with Crippen molar-refractivity contribution < 1.29 is 28.5 Å². The first-order valence-corrected chi connectivity index (χ1v) is 20.3. The van der Waals surface area contributed by atoms with Crippen molar-refractivity contribution >= 4 is 12.1 Å². The summed E-state index contributed by atoms with van der Waals surface area (Å²) < 4.78 is 24.7. The van der Waals surface area contributed by atoms with Gasteiger partial charge in [0.25, 0.3) is 0 Å². The molecule has 0 unspecified atom stereocenters. The van der Waals surface area contributed by atoms with E-state index in [1.165, 1.54) is 5.56 Å². The number of hydrogen-bond donors (Lipinski definition) is 1. The largest absolute Gasteiger partial charge is 0.489 e. The van der Waals surface area contributed by atoms with E-state index in [0.29, 0.717) is 12.4 Å². The SMILES string of the molecule is Cc1ccc(COc2ccc(COC(=O)[C@H](CCOC(c3ccccc3)(c3ccccc3)c3ccccc3)NC(=O)OCC3c4ccccc4-c4ccccc43)cc2)cc1. The van der Waals surface area contributed by atoms with Crippen molar-refractivity contribution in [2.75, 3.05) is 13.2 Å². The molecule has 7 nitrogen and oxygen atoms in total. The number of hydrogen-bond acceptors (Lipinski definition) is 6. The van der Waals surface area contributed by atoms with Crippen LogP contribution in [0.2, 0.25) is 0 Å². The van der Waals surface area contributed by atoms with Crippen molar-refractivity contribution in [3.05, 3.63) is 233 Å². The summed E-state index contributed by atoms with van der Waals surface area (Å²) in [6.07, 6.45) is -0.599. The molecule has 0 aromatic heterocycles. The second-order valence-electron chi connectivity index (χ2n) is 15.0. The Morgan fingerprint density at radius 1 is 0.567 bits per heavy atom. The van der Waals surface area contributed by atoms with Crippen LogP contribution in [0.25, 0.3) is 11.1 Å². The fraction of sp³-hybridized carbons (Fsp3) is 0.170. The molecule has 300 valence electrons. The standard InChI is InChI=1S/C53H47NO6/c1-38-25-27-39(28-26-38)35-57-44-31-29-40(30-32-44)36-58-51(55)50(54-52(56)59-37-49-47-23-13-11-21-45(47)46-22-12-14-24-48(46)49)33-34-60-53(41-15-5-2-6-16-41,42-17-7-3-8-18-42)43-19-9-4-10-20-43/h2-32,49-50H,33-37H2,1H3,(H,54,56)/t50-/m0/s1. The second-order valence-corrected chi connectivity index (χ2v) is 15.0. The molecular formula is C53H47NO6. The highest BCUT2D eigenvalue weighted by atomic mass is 16.6. The number of amides is 1. The lowest BCUT2D eigenvalue weighted by Crippen LogP contribution is -2.44. The first-order valence-electron chi connectivity index (χ1n) is 20.3. The van der Waals surface area contributed by atoms with Gasteiger partial charge in [-0.1, -0.05) is 181 Å². The van der Waals surface area contributed by atoms with Crippen LogP contribution in [0.1, 0.15) is 56.8 Å². The van der Waals surface area contributed by atoms with Crippen molar-refractivity contribution in [1.29, 1.82) is 0 Å². The minimum atomic E-state index is -1.07. The highest BCUT2D eigenvalue weighted by Crippen LogP contribution is 2.45. The molecule has 0 bridgehead atoms. The van der Waals surface area contributed by atoms with Crippen molar-refractivity contribution in [3.8, 4) is 16.9 Å². The van der Waals surface area contributed by atoms with Gasteiger partial charge in [0, 0.05) is 12.3 Å². The van der Waals surface area contributed by atoms with Crippen molar-refractivity contribution in [2.45, 2.75) is 44.1 Å². The summed E-state index contributed by atoms with van der Waals surface area (Å²) >= 11 is 0. The Hall–Kier alpha value is -6.96. The van der Waals surface area contributed by atoms with Crippen LogP contribution in [-0.4, -0.2) is 31.3 Å². The lowest BCUT2D eigenvalue weighted by atomic mass is 9.80. The van der Waals surface area contributed by atoms with E-state index in [9.17, 15) is 9.59 Å². The highest BCUT2D eigenvalue weighted by Gasteiger charge is 2.38. The van der Waals surface area contributed by atoms with E-state index in [0.717, 1.165) is 50.1 Å². The van der Waals surface area contributed by atoms with Gasteiger partial charge < -0.3 is 24.3 Å². The molecule has 60 heavy (non-hydrogen) atoms. The Labute approximate surface area is 351 Å². The Morgan fingerprint density at radius 2 is 1.05 bits per heavy atom. The number of nitrogens with one attached hydrogen (secondary N) is 1. The summed E-state index contributed by atoms with van der Waals surface area (Å²) in [6, 6.07) is 61.0. The van der Waals surface area contributed by atoms with E-state index in [1.54, 1.807) is 0 Å². The normalized spacial score (nSPS) is 12.5. The first kappa shape index (κ1) is 39.8. The number of rotatable bonds is 16. The van der Waals surface area contributed by atoms with Gasteiger partial charge in [0.15, 0.2) is 0 Å². The molecule has 7 aromatic rings. The molecule has 1 N–H and O–H groups in total. The minimum absolute atomic E-state index is 0.00276. The molecular weight excluding hydrogens is 747 g/mol. The van der Waals surface area contributed by atoms with Gasteiger partial charge in [-0.15, -0.1) is 0 Å². The summed E-state index contributed by atoms with van der Waals surface area (Å²) in [6.45, 7) is 2.70. The smallest absolute Gasteiger partial charge is 0.407 e. The third-order valence-electron chi connectivity index (χ3n) is 11.0. The first-order chi connectivity index (χ1) is 29.5. The Kier molecular flexibility index (Phi) is 12.4. The van der Waals surface area contributed by atoms with Crippen molar-refractivity contribution in [3.63, 3.8) is 0 Å². The fourth-order valence-electron chi connectivity index (χ4n) is 7.92. The molecule has 1 aliphatic carbocycles. The number of aryl methyl sites for hydroxylation is 1. The van der Waals surface area contributed by atoms with Crippen LogP contribution in [-0.2, 0) is 37.8 Å². The maximum Gasteiger partial charge on any atom is 0.407 e. The number of benzene rings is 7.